The molecule has 0 bridgehead atoms. The van der Waals surface area contributed by atoms with E-state index in [1.165, 1.54) is 22.5 Å². The summed E-state index contributed by atoms with van der Waals surface area (Å²) >= 11 is 1.50. The zero-order chi connectivity index (χ0) is 13.8. The summed E-state index contributed by atoms with van der Waals surface area (Å²) in [7, 11) is 0. The van der Waals surface area contributed by atoms with Crippen LogP contribution < -0.4 is 11.3 Å². The van der Waals surface area contributed by atoms with Crippen LogP contribution in [-0.2, 0) is 6.42 Å². The van der Waals surface area contributed by atoms with Crippen LogP contribution in [0.15, 0.2) is 60.0 Å². The number of nitrogens with one attached hydrogen (secondary N) is 1. The van der Waals surface area contributed by atoms with E-state index in [9.17, 15) is 0 Å². The molecule has 3 N–H and O–H groups in total. The number of aromatic nitrogens is 1. The highest BCUT2D eigenvalue weighted by Crippen LogP contribution is 2.24. The molecule has 4 heteroatoms. The molecule has 0 aliphatic rings. The lowest BCUT2D eigenvalue weighted by Crippen LogP contribution is -2.05. The summed E-state index contributed by atoms with van der Waals surface area (Å²) in [4.78, 5) is 4.40. The minimum atomic E-state index is 0.730. The van der Waals surface area contributed by atoms with Crippen molar-refractivity contribution in [2.75, 3.05) is 5.43 Å². The Morgan fingerprint density at radius 1 is 0.950 bits per heavy atom. The SMILES string of the molecule is NNc1nc(-c2ccc(Cc3ccccc3)cc2)cs1. The molecule has 0 amide bonds. The lowest BCUT2D eigenvalue weighted by molar-refractivity contribution is 1.19. The van der Waals surface area contributed by atoms with Gasteiger partial charge in [-0.05, 0) is 17.5 Å². The first-order valence-electron chi connectivity index (χ1n) is 6.40. The predicted molar refractivity (Wildman–Crippen MR) is 84.6 cm³/mol. The van der Waals surface area contributed by atoms with Gasteiger partial charge in [0.1, 0.15) is 0 Å². The highest BCUT2D eigenvalue weighted by molar-refractivity contribution is 7.14. The molecule has 0 saturated heterocycles. The van der Waals surface area contributed by atoms with Gasteiger partial charge in [-0.3, -0.25) is 5.43 Å². The average Bonchev–Trinajstić information content (AvgIpc) is 2.98. The van der Waals surface area contributed by atoms with Crippen molar-refractivity contribution in [2.45, 2.75) is 6.42 Å². The Kier molecular flexibility index (Phi) is 3.76. The topological polar surface area (TPSA) is 50.9 Å². The van der Waals surface area contributed by atoms with Crippen molar-refractivity contribution in [3.8, 4) is 11.3 Å². The molecule has 0 atom stereocenters. The van der Waals surface area contributed by atoms with Crippen molar-refractivity contribution in [1.29, 1.82) is 0 Å². The lowest BCUT2D eigenvalue weighted by atomic mass is 10.0. The van der Waals surface area contributed by atoms with Crippen LogP contribution in [0.3, 0.4) is 0 Å². The first kappa shape index (κ1) is 12.8. The predicted octanol–water partition coefficient (Wildman–Crippen LogP) is 3.69. The van der Waals surface area contributed by atoms with Gasteiger partial charge in [0.25, 0.3) is 0 Å². The molecule has 0 aliphatic carbocycles. The molecule has 3 aromatic rings. The molecule has 0 saturated carbocycles. The quantitative estimate of drug-likeness (QED) is 0.566. The highest BCUT2D eigenvalue weighted by atomic mass is 32.1. The van der Waals surface area contributed by atoms with Crippen molar-refractivity contribution in [2.24, 2.45) is 5.84 Å². The van der Waals surface area contributed by atoms with Crippen LogP contribution >= 0.6 is 11.3 Å². The third-order valence-electron chi connectivity index (χ3n) is 3.13. The summed E-state index contributed by atoms with van der Waals surface area (Å²) in [6.45, 7) is 0. The molecule has 3 rings (SSSR count). The zero-order valence-electron chi connectivity index (χ0n) is 10.9. The maximum atomic E-state index is 5.35. The van der Waals surface area contributed by atoms with Crippen LogP contribution in [0.4, 0.5) is 5.13 Å². The number of nitrogen functional groups attached to an aromatic ring is 1. The zero-order valence-corrected chi connectivity index (χ0v) is 11.7. The summed E-state index contributed by atoms with van der Waals surface area (Å²) in [6.07, 6.45) is 0.952. The van der Waals surface area contributed by atoms with Gasteiger partial charge in [-0.15, -0.1) is 11.3 Å². The largest absolute Gasteiger partial charge is 0.300 e. The van der Waals surface area contributed by atoms with Crippen molar-refractivity contribution in [3.63, 3.8) is 0 Å². The number of benzene rings is 2. The van der Waals surface area contributed by atoms with Gasteiger partial charge in [-0.1, -0.05) is 54.6 Å². The summed E-state index contributed by atoms with van der Waals surface area (Å²) in [5.41, 5.74) is 7.25. The molecule has 20 heavy (non-hydrogen) atoms. The van der Waals surface area contributed by atoms with Crippen molar-refractivity contribution in [3.05, 3.63) is 71.1 Å². The molecule has 1 aromatic heterocycles. The number of thiazole rings is 1. The Labute approximate surface area is 122 Å². The summed E-state index contributed by atoms with van der Waals surface area (Å²) < 4.78 is 0. The number of hydrogen-bond acceptors (Lipinski definition) is 4. The molecule has 0 spiro atoms. The normalized spacial score (nSPS) is 10.4. The van der Waals surface area contributed by atoms with E-state index < -0.39 is 0 Å². The number of anilines is 1. The van der Waals surface area contributed by atoms with Gasteiger partial charge in [0.15, 0.2) is 5.13 Å². The van der Waals surface area contributed by atoms with E-state index in [1.54, 1.807) is 0 Å². The van der Waals surface area contributed by atoms with Gasteiger partial charge < -0.3 is 0 Å². The molecule has 2 aromatic carbocycles. The minimum Gasteiger partial charge on any atom is -0.300 e. The van der Waals surface area contributed by atoms with Gasteiger partial charge >= 0.3 is 0 Å². The Morgan fingerprint density at radius 2 is 1.65 bits per heavy atom. The van der Waals surface area contributed by atoms with Crippen LogP contribution in [-0.4, -0.2) is 4.98 Å². The fourth-order valence-corrected chi connectivity index (χ4v) is 2.73. The summed E-state index contributed by atoms with van der Waals surface area (Å²) in [6, 6.07) is 19.0. The van der Waals surface area contributed by atoms with E-state index in [-0.39, 0.29) is 0 Å². The van der Waals surface area contributed by atoms with E-state index >= 15 is 0 Å². The van der Waals surface area contributed by atoms with Gasteiger partial charge in [0.2, 0.25) is 0 Å². The lowest BCUT2D eigenvalue weighted by Gasteiger charge is -2.03. The number of hydrogen-bond donors (Lipinski definition) is 2. The van der Waals surface area contributed by atoms with Crippen molar-refractivity contribution in [1.82, 2.24) is 4.98 Å². The molecule has 0 aliphatic heterocycles. The second-order valence-electron chi connectivity index (χ2n) is 4.54. The molecular weight excluding hydrogens is 266 g/mol. The fourth-order valence-electron chi connectivity index (χ4n) is 2.10. The van der Waals surface area contributed by atoms with Crippen LogP contribution in [0, 0.1) is 0 Å². The van der Waals surface area contributed by atoms with Gasteiger partial charge in [0.05, 0.1) is 5.69 Å². The minimum absolute atomic E-state index is 0.730. The van der Waals surface area contributed by atoms with Crippen LogP contribution in [0.5, 0.6) is 0 Å². The summed E-state index contributed by atoms with van der Waals surface area (Å²) in [5.74, 6) is 5.35. The van der Waals surface area contributed by atoms with Crippen molar-refractivity contribution >= 4 is 16.5 Å². The van der Waals surface area contributed by atoms with E-state index in [1.807, 2.05) is 11.4 Å². The first-order chi connectivity index (χ1) is 9.85. The van der Waals surface area contributed by atoms with E-state index in [0.29, 0.717) is 0 Å². The number of hydrazine groups is 1. The van der Waals surface area contributed by atoms with Crippen molar-refractivity contribution < 1.29 is 0 Å². The second kappa shape index (κ2) is 5.86. The fraction of sp³-hybridized carbons (Fsp3) is 0.0625. The third-order valence-corrected chi connectivity index (χ3v) is 3.90. The standard InChI is InChI=1S/C16H15N3S/c17-19-16-18-15(11-20-16)14-8-6-13(7-9-14)10-12-4-2-1-3-5-12/h1-9,11H,10,17H2,(H,18,19). The molecule has 100 valence electrons. The number of nitrogens with zero attached hydrogens (tertiary/aromatic N) is 1. The van der Waals surface area contributed by atoms with Gasteiger partial charge in [0, 0.05) is 10.9 Å². The Morgan fingerprint density at radius 3 is 2.30 bits per heavy atom. The average molecular weight is 281 g/mol. The number of rotatable bonds is 4. The summed E-state index contributed by atoms with van der Waals surface area (Å²) in [5, 5.41) is 2.73. The van der Waals surface area contributed by atoms with Gasteiger partial charge in [-0.2, -0.15) is 0 Å². The molecular formula is C16H15N3S. The van der Waals surface area contributed by atoms with E-state index in [0.717, 1.165) is 22.8 Å². The van der Waals surface area contributed by atoms with Crippen LogP contribution in [0.1, 0.15) is 11.1 Å². The van der Waals surface area contributed by atoms with Gasteiger partial charge in [-0.25, -0.2) is 10.8 Å². The highest BCUT2D eigenvalue weighted by Gasteiger charge is 2.03. The molecule has 3 nitrogen and oxygen atoms in total. The molecule has 0 fully saturated rings. The van der Waals surface area contributed by atoms with Crippen LogP contribution in [0.25, 0.3) is 11.3 Å². The maximum absolute atomic E-state index is 5.35. The Bertz CT molecular complexity index is 674. The second-order valence-corrected chi connectivity index (χ2v) is 5.40. The smallest absolute Gasteiger partial charge is 0.197 e. The van der Waals surface area contributed by atoms with E-state index in [2.05, 4.69) is 58.9 Å². The first-order valence-corrected chi connectivity index (χ1v) is 7.28. The van der Waals surface area contributed by atoms with E-state index in [4.69, 9.17) is 5.84 Å². The maximum Gasteiger partial charge on any atom is 0.197 e. The Balaban J connectivity index is 1.77. The third kappa shape index (κ3) is 2.87. The Hall–Kier alpha value is -2.17. The number of nitrogens with two attached hydrogens (primary N) is 1. The monoisotopic (exact) mass is 281 g/mol. The van der Waals surface area contributed by atoms with Crippen LogP contribution in [0.2, 0.25) is 0 Å². The molecule has 1 heterocycles. The molecule has 0 radical (unpaired) electrons. The molecule has 0 unspecified atom stereocenters.